The fourth-order valence-electron chi connectivity index (χ4n) is 7.95. The molecule has 1 N–H and O–H groups in total. The van der Waals surface area contributed by atoms with E-state index in [9.17, 15) is 9.90 Å². The van der Waals surface area contributed by atoms with E-state index in [1.165, 1.54) is 44.1 Å². The minimum Gasteiger partial charge on any atom is -0.396 e. The molecule has 0 radical (unpaired) electrons. The number of carbonyl (C=O) groups is 1. The predicted molar refractivity (Wildman–Crippen MR) is 96.0 cm³/mol. The lowest BCUT2D eigenvalue weighted by atomic mass is 9.49. The zero-order valence-corrected chi connectivity index (χ0v) is 15.5. The Hall–Kier alpha value is -0.670. The van der Waals surface area contributed by atoms with E-state index in [0.717, 1.165) is 37.2 Å². The number of ketones is 1. The maximum atomic E-state index is 12.0. The lowest BCUT2D eigenvalue weighted by molar-refractivity contribution is -0.131. The highest BCUT2D eigenvalue weighted by molar-refractivity contribution is 5.91. The molecule has 138 valence electrons. The van der Waals surface area contributed by atoms with Crippen molar-refractivity contribution in [1.29, 1.82) is 0 Å². The SMILES string of the molecule is C[C@]12CCC3C(CC(CO)C4=CC(=O)CC[C@@H]43)C1CC[C@@]21CCCO1. The molecule has 1 aliphatic heterocycles. The first-order valence-electron chi connectivity index (χ1n) is 10.6. The van der Waals surface area contributed by atoms with Crippen LogP contribution in [0.4, 0.5) is 0 Å². The van der Waals surface area contributed by atoms with Crippen LogP contribution >= 0.6 is 0 Å². The number of hydrogen-bond acceptors (Lipinski definition) is 3. The summed E-state index contributed by atoms with van der Waals surface area (Å²) < 4.78 is 6.42. The molecule has 1 saturated heterocycles. The Kier molecular flexibility index (Phi) is 3.74. The monoisotopic (exact) mass is 344 g/mol. The van der Waals surface area contributed by atoms with E-state index in [0.29, 0.717) is 17.8 Å². The molecule has 1 spiro atoms. The van der Waals surface area contributed by atoms with Crippen LogP contribution in [-0.2, 0) is 9.53 Å². The summed E-state index contributed by atoms with van der Waals surface area (Å²) in [7, 11) is 0. The fourth-order valence-corrected chi connectivity index (χ4v) is 7.95. The van der Waals surface area contributed by atoms with Gasteiger partial charge >= 0.3 is 0 Å². The second kappa shape index (κ2) is 5.66. The molecule has 5 rings (SSSR count). The third-order valence-electron chi connectivity index (χ3n) is 9.11. The van der Waals surface area contributed by atoms with Crippen LogP contribution in [0.25, 0.3) is 0 Å². The minimum atomic E-state index is 0.149. The lowest BCUT2D eigenvalue weighted by Gasteiger charge is -2.57. The van der Waals surface area contributed by atoms with Crippen molar-refractivity contribution in [2.24, 2.45) is 35.0 Å². The first kappa shape index (κ1) is 16.5. The van der Waals surface area contributed by atoms with Crippen molar-refractivity contribution in [3.8, 4) is 0 Å². The smallest absolute Gasteiger partial charge is 0.155 e. The van der Waals surface area contributed by atoms with Gasteiger partial charge in [-0.05, 0) is 86.5 Å². The Morgan fingerprint density at radius 2 is 2.08 bits per heavy atom. The molecule has 5 aliphatic rings. The van der Waals surface area contributed by atoms with Crippen LogP contribution in [0.3, 0.4) is 0 Å². The maximum absolute atomic E-state index is 12.0. The molecular formula is C22H32O3. The second-order valence-electron chi connectivity index (χ2n) is 9.75. The topological polar surface area (TPSA) is 46.5 Å². The van der Waals surface area contributed by atoms with E-state index in [-0.39, 0.29) is 23.9 Å². The van der Waals surface area contributed by atoms with Gasteiger partial charge in [-0.3, -0.25) is 4.79 Å². The quantitative estimate of drug-likeness (QED) is 0.785. The number of ether oxygens (including phenoxy) is 1. The first-order valence-corrected chi connectivity index (χ1v) is 10.6. The van der Waals surface area contributed by atoms with Crippen molar-refractivity contribution >= 4 is 5.78 Å². The molecule has 0 amide bonds. The molecule has 0 bridgehead atoms. The molecule has 3 heteroatoms. The van der Waals surface area contributed by atoms with Crippen molar-refractivity contribution in [3.63, 3.8) is 0 Å². The van der Waals surface area contributed by atoms with Crippen LogP contribution in [0.15, 0.2) is 11.6 Å². The summed E-state index contributed by atoms with van der Waals surface area (Å²) in [6.45, 7) is 3.69. The molecule has 3 nitrogen and oxygen atoms in total. The number of hydrogen-bond donors (Lipinski definition) is 1. The van der Waals surface area contributed by atoms with Crippen molar-refractivity contribution in [2.45, 2.75) is 70.3 Å². The summed E-state index contributed by atoms with van der Waals surface area (Å²) in [4.78, 5) is 12.0. The Labute approximate surface area is 151 Å². The summed E-state index contributed by atoms with van der Waals surface area (Å²) in [5.41, 5.74) is 1.78. The van der Waals surface area contributed by atoms with Crippen molar-refractivity contribution in [1.82, 2.24) is 0 Å². The van der Waals surface area contributed by atoms with Gasteiger partial charge in [0.05, 0.1) is 5.60 Å². The van der Waals surface area contributed by atoms with Gasteiger partial charge in [0.2, 0.25) is 0 Å². The average Bonchev–Trinajstić information content (AvgIpc) is 3.20. The molecule has 1 heterocycles. The molecule has 0 aromatic rings. The zero-order chi connectivity index (χ0) is 17.2. The summed E-state index contributed by atoms with van der Waals surface area (Å²) >= 11 is 0. The van der Waals surface area contributed by atoms with Crippen LogP contribution < -0.4 is 0 Å². The average molecular weight is 344 g/mol. The van der Waals surface area contributed by atoms with E-state index in [1.807, 2.05) is 6.08 Å². The van der Waals surface area contributed by atoms with Crippen LogP contribution in [0, 0.1) is 35.0 Å². The van der Waals surface area contributed by atoms with Gasteiger partial charge in [0, 0.05) is 25.6 Å². The van der Waals surface area contributed by atoms with Crippen molar-refractivity contribution in [3.05, 3.63) is 11.6 Å². The second-order valence-corrected chi connectivity index (χ2v) is 9.75. The number of carbonyl (C=O) groups excluding carboxylic acids is 1. The van der Waals surface area contributed by atoms with Gasteiger partial charge in [0.25, 0.3) is 0 Å². The lowest BCUT2D eigenvalue weighted by Crippen LogP contribution is -2.53. The molecular weight excluding hydrogens is 312 g/mol. The normalized spacial score (nSPS) is 51.8. The number of rotatable bonds is 1. The van der Waals surface area contributed by atoms with Crippen LogP contribution in [0.5, 0.6) is 0 Å². The molecule has 4 aliphatic carbocycles. The van der Waals surface area contributed by atoms with Crippen molar-refractivity contribution in [2.75, 3.05) is 13.2 Å². The molecule has 0 aromatic heterocycles. The van der Waals surface area contributed by atoms with E-state index >= 15 is 0 Å². The molecule has 3 saturated carbocycles. The van der Waals surface area contributed by atoms with Gasteiger partial charge in [-0.2, -0.15) is 0 Å². The maximum Gasteiger partial charge on any atom is 0.155 e. The molecule has 4 fully saturated rings. The Bertz CT molecular complexity index is 602. The molecule has 0 aromatic carbocycles. The third-order valence-corrected chi connectivity index (χ3v) is 9.11. The standard InChI is InChI=1S/C22H32O3/c1-21-8-5-17-16-4-3-15(24)12-18(16)14(13-23)11-19(17)20(21)6-9-22(21)7-2-10-25-22/h12,14,16-17,19-20,23H,2-11,13H2,1H3/t14?,16-,17?,19?,20?,21+,22+/m1/s1. The highest BCUT2D eigenvalue weighted by atomic mass is 16.5. The van der Waals surface area contributed by atoms with E-state index in [1.54, 1.807) is 0 Å². The molecule has 25 heavy (non-hydrogen) atoms. The van der Waals surface area contributed by atoms with E-state index < -0.39 is 0 Å². The Morgan fingerprint density at radius 1 is 1.20 bits per heavy atom. The van der Waals surface area contributed by atoms with Gasteiger partial charge in [-0.1, -0.05) is 12.5 Å². The Morgan fingerprint density at radius 3 is 2.84 bits per heavy atom. The number of aliphatic hydroxyl groups excluding tert-OH is 1. The van der Waals surface area contributed by atoms with Gasteiger partial charge in [0.15, 0.2) is 5.78 Å². The first-order chi connectivity index (χ1) is 12.1. The van der Waals surface area contributed by atoms with Crippen LogP contribution in [0.1, 0.15) is 64.7 Å². The van der Waals surface area contributed by atoms with Crippen molar-refractivity contribution < 1.29 is 14.6 Å². The van der Waals surface area contributed by atoms with Gasteiger partial charge in [0.1, 0.15) is 0 Å². The summed E-state index contributed by atoms with van der Waals surface area (Å²) in [5.74, 6) is 3.25. The van der Waals surface area contributed by atoms with Gasteiger partial charge in [-0.15, -0.1) is 0 Å². The summed E-state index contributed by atoms with van der Waals surface area (Å²) in [6, 6.07) is 0. The summed E-state index contributed by atoms with van der Waals surface area (Å²) in [6.07, 6.45) is 12.3. The zero-order valence-electron chi connectivity index (χ0n) is 15.5. The number of aliphatic hydroxyl groups is 1. The third kappa shape index (κ3) is 2.15. The Balaban J connectivity index is 1.49. The minimum absolute atomic E-state index is 0.149. The fraction of sp³-hybridized carbons (Fsp3) is 0.864. The van der Waals surface area contributed by atoms with E-state index in [4.69, 9.17) is 4.74 Å². The predicted octanol–water partition coefficient (Wildman–Crippen LogP) is 3.90. The molecule has 7 atom stereocenters. The van der Waals surface area contributed by atoms with Crippen LogP contribution in [-0.4, -0.2) is 29.7 Å². The summed E-state index contributed by atoms with van der Waals surface area (Å²) in [5, 5.41) is 10.0. The largest absolute Gasteiger partial charge is 0.396 e. The number of fused-ring (bicyclic) bond motifs is 6. The van der Waals surface area contributed by atoms with Gasteiger partial charge in [-0.25, -0.2) is 0 Å². The molecule has 4 unspecified atom stereocenters. The highest BCUT2D eigenvalue weighted by Gasteiger charge is 2.64. The highest BCUT2D eigenvalue weighted by Crippen LogP contribution is 2.68. The van der Waals surface area contributed by atoms with Gasteiger partial charge < -0.3 is 9.84 Å². The van der Waals surface area contributed by atoms with Crippen LogP contribution in [0.2, 0.25) is 0 Å². The van der Waals surface area contributed by atoms with E-state index in [2.05, 4.69) is 6.92 Å².